The van der Waals surface area contributed by atoms with Crippen molar-refractivity contribution < 1.29 is 18.3 Å². The van der Waals surface area contributed by atoms with E-state index in [1.54, 1.807) is 12.1 Å². The lowest BCUT2D eigenvalue weighted by Crippen LogP contribution is -2.22. The third kappa shape index (κ3) is 2.93. The molecule has 0 unspecified atom stereocenters. The van der Waals surface area contributed by atoms with E-state index in [9.17, 15) is 18.3 Å². The molecule has 0 radical (unpaired) electrons. The van der Waals surface area contributed by atoms with Crippen LogP contribution in [-0.2, 0) is 10.0 Å². The number of aromatic nitrogens is 1. The van der Waals surface area contributed by atoms with E-state index in [4.69, 9.17) is 0 Å². The van der Waals surface area contributed by atoms with Crippen molar-refractivity contribution in [2.45, 2.75) is 4.90 Å². The van der Waals surface area contributed by atoms with Gasteiger partial charge in [-0.1, -0.05) is 12.1 Å². The molecule has 2 rings (SSSR count). The Morgan fingerprint density at radius 3 is 2.52 bits per heavy atom. The molecule has 0 saturated carbocycles. The number of aromatic carboxylic acids is 1. The van der Waals surface area contributed by atoms with Crippen molar-refractivity contribution >= 4 is 16.0 Å². The Kier molecular flexibility index (Phi) is 4.06. The third-order valence-electron chi connectivity index (χ3n) is 2.92. The Balaban J connectivity index is 2.61. The first-order valence-electron chi connectivity index (χ1n) is 6.05. The van der Waals surface area contributed by atoms with Gasteiger partial charge in [0.05, 0.1) is 16.2 Å². The number of sulfonamides is 1. The first-order valence-corrected chi connectivity index (χ1v) is 7.49. The molecule has 1 heterocycles. The standard InChI is InChI=1S/C14H14N2O4S/c1-16(2)21(19,20)11-6-3-5-10(9-11)13-12(14(17)18)7-4-8-15-13/h3-9H,1-2H3,(H,17,18). The van der Waals surface area contributed by atoms with Gasteiger partial charge in [0.2, 0.25) is 10.0 Å². The Hall–Kier alpha value is -2.25. The summed E-state index contributed by atoms with van der Waals surface area (Å²) in [6.07, 6.45) is 1.47. The molecule has 0 amide bonds. The second kappa shape index (κ2) is 5.63. The third-order valence-corrected chi connectivity index (χ3v) is 4.74. The van der Waals surface area contributed by atoms with Gasteiger partial charge in [-0.3, -0.25) is 4.98 Å². The van der Waals surface area contributed by atoms with Gasteiger partial charge in [0.1, 0.15) is 0 Å². The predicted molar refractivity (Wildman–Crippen MR) is 77.5 cm³/mol. The summed E-state index contributed by atoms with van der Waals surface area (Å²) in [6.45, 7) is 0. The molecular weight excluding hydrogens is 292 g/mol. The van der Waals surface area contributed by atoms with Gasteiger partial charge in [-0.2, -0.15) is 0 Å². The summed E-state index contributed by atoms with van der Waals surface area (Å²) >= 11 is 0. The molecule has 110 valence electrons. The summed E-state index contributed by atoms with van der Waals surface area (Å²) < 4.78 is 25.3. The molecule has 7 heteroatoms. The van der Waals surface area contributed by atoms with Crippen LogP contribution in [-0.4, -0.2) is 42.9 Å². The van der Waals surface area contributed by atoms with Crippen LogP contribution in [0.25, 0.3) is 11.3 Å². The highest BCUT2D eigenvalue weighted by Crippen LogP contribution is 2.24. The zero-order chi connectivity index (χ0) is 15.6. The number of nitrogens with zero attached hydrogens (tertiary/aromatic N) is 2. The number of carbonyl (C=O) groups is 1. The van der Waals surface area contributed by atoms with Gasteiger partial charge in [0.15, 0.2) is 0 Å². The van der Waals surface area contributed by atoms with Gasteiger partial charge in [0, 0.05) is 25.9 Å². The SMILES string of the molecule is CN(C)S(=O)(=O)c1cccc(-c2ncccc2C(=O)O)c1. The van der Waals surface area contributed by atoms with Crippen LogP contribution in [0.2, 0.25) is 0 Å². The summed E-state index contributed by atoms with van der Waals surface area (Å²) in [6, 6.07) is 9.02. The van der Waals surface area contributed by atoms with Crippen molar-refractivity contribution in [3.8, 4) is 11.3 Å². The van der Waals surface area contributed by atoms with Crippen LogP contribution in [0.15, 0.2) is 47.5 Å². The van der Waals surface area contributed by atoms with Gasteiger partial charge in [-0.05, 0) is 24.3 Å². The Labute approximate surface area is 122 Å². The topological polar surface area (TPSA) is 87.6 Å². The lowest BCUT2D eigenvalue weighted by molar-refractivity contribution is 0.0697. The van der Waals surface area contributed by atoms with Gasteiger partial charge in [-0.25, -0.2) is 17.5 Å². The number of hydrogen-bond donors (Lipinski definition) is 1. The first-order chi connectivity index (χ1) is 9.84. The van der Waals surface area contributed by atoms with Crippen LogP contribution >= 0.6 is 0 Å². The zero-order valence-corrected chi connectivity index (χ0v) is 12.3. The average molecular weight is 306 g/mol. The van der Waals surface area contributed by atoms with Crippen molar-refractivity contribution in [1.29, 1.82) is 0 Å². The van der Waals surface area contributed by atoms with Crippen molar-refractivity contribution in [2.75, 3.05) is 14.1 Å². The van der Waals surface area contributed by atoms with E-state index in [2.05, 4.69) is 4.98 Å². The van der Waals surface area contributed by atoms with Crippen LogP contribution in [0.5, 0.6) is 0 Å². The molecule has 1 N–H and O–H groups in total. The van der Waals surface area contributed by atoms with E-state index in [-0.39, 0.29) is 16.2 Å². The van der Waals surface area contributed by atoms with Crippen molar-refractivity contribution in [2.24, 2.45) is 0 Å². The van der Waals surface area contributed by atoms with Crippen LogP contribution in [0.3, 0.4) is 0 Å². The molecule has 0 atom stereocenters. The lowest BCUT2D eigenvalue weighted by Gasteiger charge is -2.12. The zero-order valence-electron chi connectivity index (χ0n) is 11.5. The summed E-state index contributed by atoms with van der Waals surface area (Å²) in [5.41, 5.74) is 0.702. The van der Waals surface area contributed by atoms with E-state index >= 15 is 0 Å². The summed E-state index contributed by atoms with van der Waals surface area (Å²) in [5, 5.41) is 9.18. The Bertz CT molecular complexity index is 785. The molecule has 2 aromatic rings. The van der Waals surface area contributed by atoms with Gasteiger partial charge in [-0.15, -0.1) is 0 Å². The largest absolute Gasteiger partial charge is 0.478 e. The van der Waals surface area contributed by atoms with Crippen molar-refractivity contribution in [1.82, 2.24) is 9.29 Å². The van der Waals surface area contributed by atoms with E-state index in [1.165, 1.54) is 44.6 Å². The molecule has 0 bridgehead atoms. The van der Waals surface area contributed by atoms with Crippen molar-refractivity contribution in [3.05, 3.63) is 48.2 Å². The molecule has 21 heavy (non-hydrogen) atoms. The molecule has 0 aliphatic heterocycles. The minimum atomic E-state index is -3.58. The molecule has 0 aliphatic carbocycles. The number of carboxylic acid groups (broad SMARTS) is 1. The van der Waals surface area contributed by atoms with E-state index in [0.29, 0.717) is 5.56 Å². The Morgan fingerprint density at radius 2 is 1.90 bits per heavy atom. The molecule has 0 aliphatic rings. The first kappa shape index (κ1) is 15.1. The maximum atomic E-state index is 12.1. The molecule has 1 aromatic heterocycles. The highest BCUT2D eigenvalue weighted by Gasteiger charge is 2.19. The molecular formula is C14H14N2O4S. The minimum Gasteiger partial charge on any atom is -0.478 e. The summed E-state index contributed by atoms with van der Waals surface area (Å²) in [5.74, 6) is -1.11. The maximum absolute atomic E-state index is 12.1. The van der Waals surface area contributed by atoms with Gasteiger partial charge in [0.25, 0.3) is 0 Å². The second-order valence-electron chi connectivity index (χ2n) is 4.52. The van der Waals surface area contributed by atoms with Crippen LogP contribution < -0.4 is 0 Å². The number of hydrogen-bond acceptors (Lipinski definition) is 4. The molecule has 1 aromatic carbocycles. The number of carboxylic acids is 1. The van der Waals surface area contributed by atoms with Crippen molar-refractivity contribution in [3.63, 3.8) is 0 Å². The lowest BCUT2D eigenvalue weighted by atomic mass is 10.1. The van der Waals surface area contributed by atoms with Crippen LogP contribution in [0.1, 0.15) is 10.4 Å². The fourth-order valence-electron chi connectivity index (χ4n) is 1.82. The monoisotopic (exact) mass is 306 g/mol. The van der Waals surface area contributed by atoms with Crippen LogP contribution in [0.4, 0.5) is 0 Å². The molecule has 0 saturated heterocycles. The van der Waals surface area contributed by atoms with E-state index < -0.39 is 16.0 Å². The second-order valence-corrected chi connectivity index (χ2v) is 6.67. The fourth-order valence-corrected chi connectivity index (χ4v) is 2.77. The summed E-state index contributed by atoms with van der Waals surface area (Å²) in [4.78, 5) is 15.4. The van der Waals surface area contributed by atoms with E-state index in [1.807, 2.05) is 0 Å². The minimum absolute atomic E-state index is 0.0249. The van der Waals surface area contributed by atoms with Gasteiger partial charge >= 0.3 is 5.97 Å². The summed E-state index contributed by atoms with van der Waals surface area (Å²) in [7, 11) is -0.710. The fraction of sp³-hybridized carbons (Fsp3) is 0.143. The molecule has 0 spiro atoms. The van der Waals surface area contributed by atoms with E-state index in [0.717, 1.165) is 4.31 Å². The quantitative estimate of drug-likeness (QED) is 0.929. The Morgan fingerprint density at radius 1 is 1.19 bits per heavy atom. The average Bonchev–Trinajstić information content (AvgIpc) is 2.47. The highest BCUT2D eigenvalue weighted by molar-refractivity contribution is 7.89. The smallest absolute Gasteiger partial charge is 0.337 e. The number of pyridine rings is 1. The molecule has 0 fully saturated rings. The highest BCUT2D eigenvalue weighted by atomic mass is 32.2. The maximum Gasteiger partial charge on any atom is 0.337 e. The van der Waals surface area contributed by atoms with Gasteiger partial charge < -0.3 is 5.11 Å². The normalized spacial score (nSPS) is 11.6. The molecule has 6 nitrogen and oxygen atoms in total. The number of rotatable bonds is 4. The van der Waals surface area contributed by atoms with Crippen LogP contribution in [0, 0.1) is 0 Å². The predicted octanol–water partition coefficient (Wildman–Crippen LogP) is 1.70. The number of benzene rings is 1.